The number of ether oxygens (including phenoxy) is 1. The van der Waals surface area contributed by atoms with E-state index in [0.29, 0.717) is 4.47 Å². The van der Waals surface area contributed by atoms with Gasteiger partial charge < -0.3 is 4.74 Å². The van der Waals surface area contributed by atoms with Gasteiger partial charge in [-0.2, -0.15) is 0 Å². The molecule has 0 N–H and O–H groups in total. The van der Waals surface area contributed by atoms with Gasteiger partial charge in [0.25, 0.3) is 5.69 Å². The second-order valence-corrected chi connectivity index (χ2v) is 5.65. The molecule has 2 rings (SSSR count). The van der Waals surface area contributed by atoms with E-state index in [4.69, 9.17) is 4.74 Å². The van der Waals surface area contributed by atoms with Gasteiger partial charge in [-0.05, 0) is 52.3 Å². The highest BCUT2D eigenvalue weighted by Crippen LogP contribution is 2.34. The number of rotatable bonds is 4. The molecule has 6 heteroatoms. The van der Waals surface area contributed by atoms with Crippen LogP contribution in [-0.4, -0.2) is 12.0 Å². The zero-order valence-corrected chi connectivity index (χ0v) is 12.4. The third-order valence-corrected chi connectivity index (χ3v) is 4.08. The van der Waals surface area contributed by atoms with Crippen molar-refractivity contribution in [1.29, 1.82) is 0 Å². The molecule has 0 saturated carbocycles. The molecule has 2 aromatic carbocycles. The Morgan fingerprint density at radius 2 is 1.79 bits per heavy atom. The summed E-state index contributed by atoms with van der Waals surface area (Å²) in [5, 5.41) is 10.9. The number of benzene rings is 2. The summed E-state index contributed by atoms with van der Waals surface area (Å²) in [6, 6.07) is 12.6. The van der Waals surface area contributed by atoms with Gasteiger partial charge in [0.2, 0.25) is 0 Å². The highest BCUT2D eigenvalue weighted by Gasteiger charge is 2.12. The van der Waals surface area contributed by atoms with Crippen LogP contribution in [0.4, 0.5) is 5.69 Å². The Morgan fingerprint density at radius 3 is 2.37 bits per heavy atom. The van der Waals surface area contributed by atoms with E-state index in [-0.39, 0.29) is 5.69 Å². The Labute approximate surface area is 123 Å². The van der Waals surface area contributed by atoms with Crippen molar-refractivity contribution in [3.05, 3.63) is 57.1 Å². The first kappa shape index (κ1) is 13.9. The average Bonchev–Trinajstić information content (AvgIpc) is 2.41. The van der Waals surface area contributed by atoms with Crippen LogP contribution in [0.2, 0.25) is 0 Å². The van der Waals surface area contributed by atoms with Crippen molar-refractivity contribution in [2.75, 3.05) is 7.11 Å². The Balaban J connectivity index is 2.22. The van der Waals surface area contributed by atoms with Gasteiger partial charge in [-0.3, -0.25) is 10.1 Å². The molecular weight excluding hydrogens is 330 g/mol. The van der Waals surface area contributed by atoms with Crippen molar-refractivity contribution in [2.24, 2.45) is 0 Å². The largest absolute Gasteiger partial charge is 0.497 e. The minimum atomic E-state index is -0.401. The fraction of sp³-hybridized carbons (Fsp3) is 0.0769. The van der Waals surface area contributed by atoms with Gasteiger partial charge in [0.15, 0.2) is 0 Å². The van der Waals surface area contributed by atoms with E-state index in [0.717, 1.165) is 15.5 Å². The molecule has 98 valence electrons. The topological polar surface area (TPSA) is 52.4 Å². The molecule has 0 unspecified atom stereocenters. The Hall–Kier alpha value is -1.53. The van der Waals surface area contributed by atoms with Gasteiger partial charge in [0, 0.05) is 15.9 Å². The van der Waals surface area contributed by atoms with Crippen LogP contribution < -0.4 is 4.74 Å². The molecule has 0 fully saturated rings. The molecule has 0 saturated heterocycles. The van der Waals surface area contributed by atoms with E-state index in [9.17, 15) is 10.1 Å². The maximum absolute atomic E-state index is 10.9. The van der Waals surface area contributed by atoms with Crippen molar-refractivity contribution in [2.45, 2.75) is 9.79 Å². The van der Waals surface area contributed by atoms with Gasteiger partial charge in [-0.15, -0.1) is 0 Å². The van der Waals surface area contributed by atoms with Crippen LogP contribution in [0.1, 0.15) is 0 Å². The number of halogens is 1. The quantitative estimate of drug-likeness (QED) is 0.607. The number of nitro benzene ring substituents is 1. The summed E-state index contributed by atoms with van der Waals surface area (Å²) in [4.78, 5) is 12.3. The Kier molecular flexibility index (Phi) is 4.44. The van der Waals surface area contributed by atoms with Gasteiger partial charge in [0.05, 0.1) is 16.5 Å². The van der Waals surface area contributed by atoms with Crippen molar-refractivity contribution < 1.29 is 9.66 Å². The SMILES string of the molecule is COc1ccc(Sc2ccc(Br)c([N+](=O)[O-])c2)cc1. The molecule has 0 atom stereocenters. The highest BCUT2D eigenvalue weighted by atomic mass is 79.9. The summed E-state index contributed by atoms with van der Waals surface area (Å²) in [7, 11) is 1.61. The maximum atomic E-state index is 10.9. The van der Waals surface area contributed by atoms with Crippen LogP contribution >= 0.6 is 27.7 Å². The Bertz CT molecular complexity index is 601. The lowest BCUT2D eigenvalue weighted by Gasteiger charge is -2.04. The van der Waals surface area contributed by atoms with Crippen molar-refractivity contribution in [3.63, 3.8) is 0 Å². The molecule has 19 heavy (non-hydrogen) atoms. The van der Waals surface area contributed by atoms with Gasteiger partial charge in [-0.25, -0.2) is 0 Å². The first-order valence-corrected chi connectivity index (χ1v) is 6.97. The smallest absolute Gasteiger partial charge is 0.284 e. The first-order valence-electron chi connectivity index (χ1n) is 5.36. The number of nitrogens with zero attached hydrogens (tertiary/aromatic N) is 1. The highest BCUT2D eigenvalue weighted by molar-refractivity contribution is 9.10. The van der Waals surface area contributed by atoms with Gasteiger partial charge in [0.1, 0.15) is 5.75 Å². The van der Waals surface area contributed by atoms with Crippen LogP contribution in [0.15, 0.2) is 56.7 Å². The lowest BCUT2D eigenvalue weighted by molar-refractivity contribution is -0.385. The predicted octanol–water partition coefficient (Wildman–Crippen LogP) is 4.52. The number of nitro groups is 1. The fourth-order valence-corrected chi connectivity index (χ4v) is 2.72. The van der Waals surface area contributed by atoms with E-state index in [2.05, 4.69) is 15.9 Å². The standard InChI is InChI=1S/C13H10BrNO3S/c1-18-9-2-4-10(5-3-9)19-11-6-7-12(14)13(8-11)15(16)17/h2-8H,1H3. The number of hydrogen-bond donors (Lipinski definition) is 0. The third kappa shape index (κ3) is 3.48. The summed E-state index contributed by atoms with van der Waals surface area (Å²) in [5.74, 6) is 0.783. The molecule has 0 aliphatic heterocycles. The fourth-order valence-electron chi connectivity index (χ4n) is 1.48. The van der Waals surface area contributed by atoms with Crippen molar-refractivity contribution in [1.82, 2.24) is 0 Å². The van der Waals surface area contributed by atoms with E-state index in [1.807, 2.05) is 30.3 Å². The zero-order valence-electron chi connectivity index (χ0n) is 10.00. The minimum absolute atomic E-state index is 0.0681. The summed E-state index contributed by atoms with van der Waals surface area (Å²) < 4.78 is 5.56. The number of hydrogen-bond acceptors (Lipinski definition) is 4. The molecule has 0 aromatic heterocycles. The number of methoxy groups -OCH3 is 1. The van der Waals surface area contributed by atoms with E-state index >= 15 is 0 Å². The molecule has 0 radical (unpaired) electrons. The molecular formula is C13H10BrNO3S. The van der Waals surface area contributed by atoms with E-state index in [1.165, 1.54) is 11.8 Å². The second kappa shape index (κ2) is 6.08. The maximum Gasteiger partial charge on any atom is 0.284 e. The second-order valence-electron chi connectivity index (χ2n) is 3.65. The molecule has 2 aromatic rings. The van der Waals surface area contributed by atoms with Crippen LogP contribution in [0.5, 0.6) is 5.75 Å². The molecule has 0 aliphatic rings. The van der Waals surface area contributed by atoms with E-state index < -0.39 is 4.92 Å². The van der Waals surface area contributed by atoms with Crippen LogP contribution in [0.25, 0.3) is 0 Å². The van der Waals surface area contributed by atoms with Gasteiger partial charge in [-0.1, -0.05) is 11.8 Å². The molecule has 0 aliphatic carbocycles. The first-order chi connectivity index (χ1) is 9.10. The van der Waals surface area contributed by atoms with Crippen LogP contribution in [0, 0.1) is 10.1 Å². The van der Waals surface area contributed by atoms with Crippen molar-refractivity contribution in [3.8, 4) is 5.75 Å². The summed E-state index contributed by atoms with van der Waals surface area (Å²) in [5.41, 5.74) is 0.0681. The summed E-state index contributed by atoms with van der Waals surface area (Å²) >= 11 is 4.63. The molecule has 0 amide bonds. The Morgan fingerprint density at radius 1 is 1.16 bits per heavy atom. The third-order valence-electron chi connectivity index (χ3n) is 2.41. The normalized spacial score (nSPS) is 10.2. The van der Waals surface area contributed by atoms with Crippen LogP contribution in [0.3, 0.4) is 0 Å². The molecule has 0 heterocycles. The van der Waals surface area contributed by atoms with E-state index in [1.54, 1.807) is 19.2 Å². The predicted molar refractivity (Wildman–Crippen MR) is 77.9 cm³/mol. The monoisotopic (exact) mass is 339 g/mol. The lowest BCUT2D eigenvalue weighted by atomic mass is 10.3. The zero-order chi connectivity index (χ0) is 13.8. The summed E-state index contributed by atoms with van der Waals surface area (Å²) in [6.07, 6.45) is 0. The van der Waals surface area contributed by atoms with Gasteiger partial charge >= 0.3 is 0 Å². The molecule has 0 spiro atoms. The average molecular weight is 340 g/mol. The molecule has 4 nitrogen and oxygen atoms in total. The van der Waals surface area contributed by atoms with Crippen LogP contribution in [-0.2, 0) is 0 Å². The lowest BCUT2D eigenvalue weighted by Crippen LogP contribution is -1.89. The molecule has 0 bridgehead atoms. The minimum Gasteiger partial charge on any atom is -0.497 e. The van der Waals surface area contributed by atoms with Crippen molar-refractivity contribution >= 4 is 33.4 Å². The summed E-state index contributed by atoms with van der Waals surface area (Å²) in [6.45, 7) is 0.